The first-order valence-corrected chi connectivity index (χ1v) is 4.92. The van der Waals surface area contributed by atoms with Crippen molar-refractivity contribution in [3.63, 3.8) is 0 Å². The zero-order valence-corrected chi connectivity index (χ0v) is 8.56. The number of benzene rings is 1. The first-order chi connectivity index (χ1) is 5.81. The molecule has 1 heterocycles. The molecule has 1 aliphatic heterocycles. The number of hydrogen-bond acceptors (Lipinski definition) is 1. The summed E-state index contributed by atoms with van der Waals surface area (Å²) in [7, 11) is 0. The van der Waals surface area contributed by atoms with Crippen LogP contribution in [0.3, 0.4) is 0 Å². The summed E-state index contributed by atoms with van der Waals surface area (Å²) < 4.78 is 1.15. The van der Waals surface area contributed by atoms with Gasteiger partial charge in [0, 0.05) is 15.7 Å². The number of fused-ring (bicyclic) bond motifs is 1. The standard InChI is InChI=1S/C10H10BrN/c1-2-10-9-4-3-8(11)5-7(9)6-12-10/h3-5H,2,6H2,1H3. The van der Waals surface area contributed by atoms with Gasteiger partial charge in [0.2, 0.25) is 0 Å². The Bertz CT molecular complexity index is 342. The van der Waals surface area contributed by atoms with Crippen LogP contribution in [0.4, 0.5) is 0 Å². The van der Waals surface area contributed by atoms with Crippen molar-refractivity contribution in [1.82, 2.24) is 0 Å². The van der Waals surface area contributed by atoms with Crippen molar-refractivity contribution < 1.29 is 0 Å². The van der Waals surface area contributed by atoms with E-state index in [9.17, 15) is 0 Å². The van der Waals surface area contributed by atoms with Crippen molar-refractivity contribution in [3.8, 4) is 0 Å². The minimum Gasteiger partial charge on any atom is -0.284 e. The molecule has 2 heteroatoms. The fraction of sp³-hybridized carbons (Fsp3) is 0.300. The minimum atomic E-state index is 0.859. The van der Waals surface area contributed by atoms with Crippen LogP contribution in [0.2, 0.25) is 0 Å². The lowest BCUT2D eigenvalue weighted by Gasteiger charge is -2.00. The summed E-state index contributed by atoms with van der Waals surface area (Å²) in [5, 5.41) is 0. The molecule has 1 nitrogen and oxygen atoms in total. The molecule has 1 aromatic rings. The predicted octanol–water partition coefficient (Wildman–Crippen LogP) is 3.16. The molecule has 2 rings (SSSR count). The molecule has 0 radical (unpaired) electrons. The normalized spacial score (nSPS) is 14.3. The van der Waals surface area contributed by atoms with Gasteiger partial charge in [-0.2, -0.15) is 0 Å². The maximum absolute atomic E-state index is 4.46. The van der Waals surface area contributed by atoms with Crippen molar-refractivity contribution in [1.29, 1.82) is 0 Å². The fourth-order valence-corrected chi connectivity index (χ4v) is 1.95. The van der Waals surface area contributed by atoms with E-state index < -0.39 is 0 Å². The topological polar surface area (TPSA) is 12.4 Å². The number of aliphatic imine (C=N–C) groups is 1. The molecule has 0 unspecified atom stereocenters. The third kappa shape index (κ3) is 1.20. The van der Waals surface area contributed by atoms with Crippen LogP contribution >= 0.6 is 15.9 Å². The van der Waals surface area contributed by atoms with Crippen LogP contribution < -0.4 is 0 Å². The van der Waals surface area contributed by atoms with Crippen LogP contribution in [-0.2, 0) is 6.54 Å². The molecule has 1 aliphatic rings. The van der Waals surface area contributed by atoms with Crippen molar-refractivity contribution in [2.45, 2.75) is 19.9 Å². The highest BCUT2D eigenvalue weighted by molar-refractivity contribution is 9.10. The SMILES string of the molecule is CCC1=NCc2cc(Br)ccc21. The van der Waals surface area contributed by atoms with E-state index in [0.717, 1.165) is 17.4 Å². The summed E-state index contributed by atoms with van der Waals surface area (Å²) in [6.45, 7) is 3.01. The number of rotatable bonds is 1. The van der Waals surface area contributed by atoms with Gasteiger partial charge in [-0.15, -0.1) is 0 Å². The van der Waals surface area contributed by atoms with Crippen LogP contribution in [0.15, 0.2) is 27.7 Å². The van der Waals surface area contributed by atoms with Gasteiger partial charge in [-0.25, -0.2) is 0 Å². The monoisotopic (exact) mass is 223 g/mol. The van der Waals surface area contributed by atoms with Crippen LogP contribution in [0.1, 0.15) is 24.5 Å². The maximum Gasteiger partial charge on any atom is 0.0650 e. The second-order valence-electron chi connectivity index (χ2n) is 2.92. The summed E-state index contributed by atoms with van der Waals surface area (Å²) in [6, 6.07) is 6.38. The third-order valence-corrected chi connectivity index (χ3v) is 2.65. The first-order valence-electron chi connectivity index (χ1n) is 4.13. The molecule has 0 saturated carbocycles. The van der Waals surface area contributed by atoms with Gasteiger partial charge in [-0.3, -0.25) is 4.99 Å². The molecule has 0 atom stereocenters. The van der Waals surface area contributed by atoms with Gasteiger partial charge in [0.25, 0.3) is 0 Å². The van der Waals surface area contributed by atoms with Gasteiger partial charge in [0.15, 0.2) is 0 Å². The maximum atomic E-state index is 4.46. The Morgan fingerprint density at radius 2 is 2.33 bits per heavy atom. The zero-order chi connectivity index (χ0) is 8.55. The molecular weight excluding hydrogens is 214 g/mol. The quantitative estimate of drug-likeness (QED) is 0.694. The molecule has 0 saturated heterocycles. The van der Waals surface area contributed by atoms with E-state index in [-0.39, 0.29) is 0 Å². The number of nitrogens with zero attached hydrogens (tertiary/aromatic N) is 1. The van der Waals surface area contributed by atoms with Gasteiger partial charge >= 0.3 is 0 Å². The van der Waals surface area contributed by atoms with E-state index in [2.05, 4.69) is 46.0 Å². The zero-order valence-electron chi connectivity index (χ0n) is 6.97. The van der Waals surface area contributed by atoms with Crippen molar-refractivity contribution >= 4 is 21.6 Å². The van der Waals surface area contributed by atoms with Gasteiger partial charge in [-0.1, -0.05) is 28.9 Å². The second-order valence-corrected chi connectivity index (χ2v) is 3.83. The summed E-state index contributed by atoms with van der Waals surface area (Å²) in [5.74, 6) is 0. The average Bonchev–Trinajstić information content (AvgIpc) is 2.46. The Hall–Kier alpha value is -0.630. The van der Waals surface area contributed by atoms with Crippen LogP contribution in [-0.4, -0.2) is 5.71 Å². The molecule has 12 heavy (non-hydrogen) atoms. The van der Waals surface area contributed by atoms with E-state index in [0.29, 0.717) is 0 Å². The lowest BCUT2D eigenvalue weighted by atomic mass is 10.1. The third-order valence-electron chi connectivity index (χ3n) is 2.15. The number of hydrogen-bond donors (Lipinski definition) is 0. The molecule has 0 N–H and O–H groups in total. The summed E-state index contributed by atoms with van der Waals surface area (Å²) >= 11 is 3.46. The molecule has 0 amide bonds. The molecule has 0 spiro atoms. The lowest BCUT2D eigenvalue weighted by Crippen LogP contribution is -1.94. The van der Waals surface area contributed by atoms with E-state index in [4.69, 9.17) is 0 Å². The highest BCUT2D eigenvalue weighted by Crippen LogP contribution is 2.23. The first kappa shape index (κ1) is 7.99. The van der Waals surface area contributed by atoms with E-state index >= 15 is 0 Å². The Morgan fingerprint density at radius 1 is 1.50 bits per heavy atom. The highest BCUT2D eigenvalue weighted by atomic mass is 79.9. The fourth-order valence-electron chi connectivity index (χ4n) is 1.54. The summed E-state index contributed by atoms with van der Waals surface area (Å²) in [6.07, 6.45) is 1.04. The Morgan fingerprint density at radius 3 is 3.08 bits per heavy atom. The van der Waals surface area contributed by atoms with Gasteiger partial charge in [0.1, 0.15) is 0 Å². The van der Waals surface area contributed by atoms with Crippen molar-refractivity contribution in [3.05, 3.63) is 33.8 Å². The van der Waals surface area contributed by atoms with Crippen LogP contribution in [0.25, 0.3) is 0 Å². The summed E-state index contributed by atoms with van der Waals surface area (Å²) in [4.78, 5) is 4.46. The summed E-state index contributed by atoms with van der Waals surface area (Å²) in [5.41, 5.74) is 3.93. The second kappa shape index (κ2) is 3.02. The Labute approximate surface area is 80.6 Å². The van der Waals surface area contributed by atoms with Crippen LogP contribution in [0.5, 0.6) is 0 Å². The van der Waals surface area contributed by atoms with E-state index in [1.165, 1.54) is 16.8 Å². The molecular formula is C10H10BrN. The molecule has 0 bridgehead atoms. The van der Waals surface area contributed by atoms with Crippen molar-refractivity contribution in [2.75, 3.05) is 0 Å². The molecule has 0 fully saturated rings. The van der Waals surface area contributed by atoms with E-state index in [1.54, 1.807) is 0 Å². The van der Waals surface area contributed by atoms with E-state index in [1.807, 2.05) is 0 Å². The smallest absolute Gasteiger partial charge is 0.0650 e. The minimum absolute atomic E-state index is 0.859. The lowest BCUT2D eigenvalue weighted by molar-refractivity contribution is 1.10. The largest absolute Gasteiger partial charge is 0.284 e. The van der Waals surface area contributed by atoms with Gasteiger partial charge in [-0.05, 0) is 24.1 Å². The number of halogens is 1. The van der Waals surface area contributed by atoms with Gasteiger partial charge in [0.05, 0.1) is 6.54 Å². The highest BCUT2D eigenvalue weighted by Gasteiger charge is 2.13. The van der Waals surface area contributed by atoms with Gasteiger partial charge < -0.3 is 0 Å². The molecule has 1 aromatic carbocycles. The molecule has 0 aliphatic carbocycles. The molecule has 0 aromatic heterocycles. The molecule has 62 valence electrons. The Kier molecular flexibility index (Phi) is 2.01. The average molecular weight is 224 g/mol. The van der Waals surface area contributed by atoms with Crippen LogP contribution in [0, 0.1) is 0 Å². The predicted molar refractivity (Wildman–Crippen MR) is 54.7 cm³/mol. The van der Waals surface area contributed by atoms with Crippen molar-refractivity contribution in [2.24, 2.45) is 4.99 Å². The Balaban J connectivity index is 2.47.